The van der Waals surface area contributed by atoms with Gasteiger partial charge in [0, 0.05) is 4.88 Å². The van der Waals surface area contributed by atoms with Crippen molar-refractivity contribution in [3.8, 4) is 10.7 Å². The zero-order valence-corrected chi connectivity index (χ0v) is 13.5. The lowest BCUT2D eigenvalue weighted by molar-refractivity contribution is 1.19. The Labute approximate surface area is 135 Å². The lowest BCUT2D eigenvalue weighted by Gasteiger charge is -2.06. The van der Waals surface area contributed by atoms with E-state index in [0.29, 0.717) is 31.9 Å². The summed E-state index contributed by atoms with van der Waals surface area (Å²) in [6, 6.07) is 7.48. The van der Waals surface area contributed by atoms with E-state index in [1.807, 2.05) is 6.07 Å². The van der Waals surface area contributed by atoms with Crippen LogP contribution in [-0.4, -0.2) is 9.97 Å². The van der Waals surface area contributed by atoms with Crippen LogP contribution in [0.4, 0.5) is 0 Å². The number of rotatable bonds is 2. The van der Waals surface area contributed by atoms with E-state index in [1.165, 1.54) is 4.88 Å². The third kappa shape index (κ3) is 2.40. The average molecular weight is 344 g/mol. The van der Waals surface area contributed by atoms with Gasteiger partial charge in [0.2, 0.25) is 0 Å². The molecule has 1 aromatic carbocycles. The summed E-state index contributed by atoms with van der Waals surface area (Å²) in [5, 5.41) is 1.93. The molecule has 2 heterocycles. The number of fused-ring (bicyclic) bond motifs is 1. The Morgan fingerprint density at radius 2 is 1.75 bits per heavy atom. The first-order valence-corrected chi connectivity index (χ1v) is 7.95. The molecule has 6 heteroatoms. The molecule has 3 rings (SSSR count). The molecule has 0 unspecified atom stereocenters. The summed E-state index contributed by atoms with van der Waals surface area (Å²) in [4.78, 5) is 11.1. The molecular weight excluding hydrogens is 335 g/mol. The molecule has 0 aliphatic carbocycles. The van der Waals surface area contributed by atoms with E-state index in [1.54, 1.807) is 23.5 Å². The number of halogens is 3. The SMILES string of the molecule is CCc1ccc(-c2nc(Cl)c3c(Cl)ccc(Cl)c3n2)s1. The molecule has 2 nitrogen and oxygen atoms in total. The van der Waals surface area contributed by atoms with Crippen LogP contribution in [0.15, 0.2) is 24.3 Å². The third-order valence-corrected chi connectivity index (χ3v) is 5.06. The Bertz CT molecular complexity index is 798. The molecule has 3 aromatic rings. The summed E-state index contributed by atoms with van der Waals surface area (Å²) in [6.07, 6.45) is 0.985. The van der Waals surface area contributed by atoms with E-state index in [4.69, 9.17) is 34.8 Å². The monoisotopic (exact) mass is 342 g/mol. The van der Waals surface area contributed by atoms with E-state index < -0.39 is 0 Å². The highest BCUT2D eigenvalue weighted by atomic mass is 35.5. The largest absolute Gasteiger partial charge is 0.225 e. The molecule has 0 saturated carbocycles. The molecule has 0 aliphatic rings. The number of thiophene rings is 1. The third-order valence-electron chi connectivity index (χ3n) is 2.94. The first-order chi connectivity index (χ1) is 9.60. The predicted octanol–water partition coefficient (Wildman–Crippen LogP) is 5.88. The molecule has 0 amide bonds. The second kappa shape index (κ2) is 5.49. The van der Waals surface area contributed by atoms with Crippen molar-refractivity contribution < 1.29 is 0 Å². The van der Waals surface area contributed by atoms with Gasteiger partial charge in [-0.1, -0.05) is 41.7 Å². The summed E-state index contributed by atoms with van der Waals surface area (Å²) in [6.45, 7) is 2.11. The Balaban J connectivity index is 2.26. The molecule has 2 aromatic heterocycles. The van der Waals surface area contributed by atoms with Crippen LogP contribution >= 0.6 is 46.1 Å². The maximum atomic E-state index is 6.24. The second-order valence-electron chi connectivity index (χ2n) is 4.21. The van der Waals surface area contributed by atoms with Gasteiger partial charge in [-0.15, -0.1) is 11.3 Å². The summed E-state index contributed by atoms with van der Waals surface area (Å²) in [7, 11) is 0. The summed E-state index contributed by atoms with van der Waals surface area (Å²) in [5.41, 5.74) is 0.584. The molecule has 102 valence electrons. The molecule has 0 aliphatic heterocycles. The lowest BCUT2D eigenvalue weighted by atomic mass is 10.2. The fraction of sp³-hybridized carbons (Fsp3) is 0.143. The van der Waals surface area contributed by atoms with Gasteiger partial charge < -0.3 is 0 Å². The molecule has 0 atom stereocenters. The molecular formula is C14H9Cl3N2S. The van der Waals surface area contributed by atoms with Crippen molar-refractivity contribution in [2.24, 2.45) is 0 Å². The fourth-order valence-corrected chi connectivity index (χ4v) is 3.57. The highest BCUT2D eigenvalue weighted by molar-refractivity contribution is 7.15. The van der Waals surface area contributed by atoms with Crippen LogP contribution in [0.2, 0.25) is 15.2 Å². The highest BCUT2D eigenvalue weighted by Crippen LogP contribution is 2.35. The van der Waals surface area contributed by atoms with Gasteiger partial charge in [0.15, 0.2) is 5.82 Å². The number of nitrogens with zero attached hydrogens (tertiary/aromatic N) is 2. The van der Waals surface area contributed by atoms with Crippen molar-refractivity contribution in [3.63, 3.8) is 0 Å². The zero-order chi connectivity index (χ0) is 14.3. The van der Waals surface area contributed by atoms with Gasteiger partial charge in [-0.2, -0.15) is 0 Å². The van der Waals surface area contributed by atoms with Crippen molar-refractivity contribution in [3.05, 3.63) is 44.3 Å². The molecule has 0 spiro atoms. The quantitative estimate of drug-likeness (QED) is 0.543. The second-order valence-corrected chi connectivity index (χ2v) is 6.55. The minimum atomic E-state index is 0.323. The first-order valence-electron chi connectivity index (χ1n) is 6.00. The van der Waals surface area contributed by atoms with Crippen molar-refractivity contribution in [2.45, 2.75) is 13.3 Å². The van der Waals surface area contributed by atoms with Crippen LogP contribution in [0.3, 0.4) is 0 Å². The van der Waals surface area contributed by atoms with Gasteiger partial charge in [-0.05, 0) is 30.7 Å². The average Bonchev–Trinajstić information content (AvgIpc) is 2.91. The van der Waals surface area contributed by atoms with E-state index in [-0.39, 0.29) is 0 Å². The zero-order valence-electron chi connectivity index (χ0n) is 10.5. The smallest absolute Gasteiger partial charge is 0.171 e. The molecule has 0 fully saturated rings. The summed E-state index contributed by atoms with van der Waals surface area (Å²) < 4.78 is 0. The number of aromatic nitrogens is 2. The topological polar surface area (TPSA) is 25.8 Å². The van der Waals surface area contributed by atoms with Gasteiger partial charge in [-0.25, -0.2) is 9.97 Å². The van der Waals surface area contributed by atoms with Crippen LogP contribution < -0.4 is 0 Å². The van der Waals surface area contributed by atoms with Crippen molar-refractivity contribution >= 4 is 57.0 Å². The fourth-order valence-electron chi connectivity index (χ4n) is 1.92. The van der Waals surface area contributed by atoms with Crippen LogP contribution in [0.25, 0.3) is 21.6 Å². The standard InChI is InChI=1S/C14H9Cl3N2S/c1-2-7-3-6-10(20-7)14-18-12-9(16)5-4-8(15)11(12)13(17)19-14/h3-6H,2H2,1H3. The van der Waals surface area contributed by atoms with Crippen LogP contribution in [0.5, 0.6) is 0 Å². The minimum absolute atomic E-state index is 0.323. The van der Waals surface area contributed by atoms with Crippen molar-refractivity contribution in [2.75, 3.05) is 0 Å². The Kier molecular flexibility index (Phi) is 3.87. The number of aryl methyl sites for hydroxylation is 1. The molecule has 0 N–H and O–H groups in total. The number of hydrogen-bond acceptors (Lipinski definition) is 3. The molecule has 0 saturated heterocycles. The van der Waals surface area contributed by atoms with Crippen LogP contribution in [0.1, 0.15) is 11.8 Å². The van der Waals surface area contributed by atoms with E-state index in [0.717, 1.165) is 11.3 Å². The van der Waals surface area contributed by atoms with E-state index in [2.05, 4.69) is 23.0 Å². The van der Waals surface area contributed by atoms with E-state index in [9.17, 15) is 0 Å². The summed E-state index contributed by atoms with van der Waals surface area (Å²) >= 11 is 20.2. The predicted molar refractivity (Wildman–Crippen MR) is 87.3 cm³/mol. The van der Waals surface area contributed by atoms with Gasteiger partial charge in [0.25, 0.3) is 0 Å². The highest BCUT2D eigenvalue weighted by Gasteiger charge is 2.14. The first kappa shape index (κ1) is 14.1. The summed E-state index contributed by atoms with van der Waals surface area (Å²) in [5.74, 6) is 0.580. The van der Waals surface area contributed by atoms with Gasteiger partial charge in [-0.3, -0.25) is 0 Å². The van der Waals surface area contributed by atoms with E-state index >= 15 is 0 Å². The molecule has 0 radical (unpaired) electrons. The minimum Gasteiger partial charge on any atom is -0.225 e. The van der Waals surface area contributed by atoms with Crippen LogP contribution in [0, 0.1) is 0 Å². The Morgan fingerprint density at radius 1 is 1.00 bits per heavy atom. The Hall–Kier alpha value is -0.870. The molecule has 20 heavy (non-hydrogen) atoms. The van der Waals surface area contributed by atoms with Crippen molar-refractivity contribution in [1.82, 2.24) is 9.97 Å². The van der Waals surface area contributed by atoms with Gasteiger partial charge in [0.1, 0.15) is 5.15 Å². The van der Waals surface area contributed by atoms with Crippen molar-refractivity contribution in [1.29, 1.82) is 0 Å². The van der Waals surface area contributed by atoms with Gasteiger partial charge >= 0.3 is 0 Å². The normalized spacial score (nSPS) is 11.2. The van der Waals surface area contributed by atoms with Crippen LogP contribution in [-0.2, 0) is 6.42 Å². The maximum Gasteiger partial charge on any atom is 0.171 e. The number of benzene rings is 1. The molecule has 0 bridgehead atoms. The Morgan fingerprint density at radius 3 is 2.45 bits per heavy atom. The lowest BCUT2D eigenvalue weighted by Crippen LogP contribution is -1.91. The number of hydrogen-bond donors (Lipinski definition) is 0. The maximum absolute atomic E-state index is 6.24. The van der Waals surface area contributed by atoms with Gasteiger partial charge in [0.05, 0.1) is 25.8 Å².